The van der Waals surface area contributed by atoms with E-state index in [1.807, 2.05) is 38.1 Å². The number of carboxylic acid groups (broad SMARTS) is 1. The first-order valence-corrected chi connectivity index (χ1v) is 8.65. The number of aromatic nitrogens is 1. The summed E-state index contributed by atoms with van der Waals surface area (Å²) in [7, 11) is 0. The van der Waals surface area contributed by atoms with Gasteiger partial charge >= 0.3 is 5.97 Å². The van der Waals surface area contributed by atoms with E-state index < -0.39 is 11.9 Å². The van der Waals surface area contributed by atoms with Crippen molar-refractivity contribution in [3.05, 3.63) is 58.9 Å². The van der Waals surface area contributed by atoms with Gasteiger partial charge in [-0.05, 0) is 38.8 Å². The molecule has 0 radical (unpaired) electrons. The fourth-order valence-corrected chi connectivity index (χ4v) is 3.79. The van der Waals surface area contributed by atoms with Gasteiger partial charge in [0.15, 0.2) is 0 Å². The average molecular weight is 340 g/mol. The third kappa shape index (κ3) is 3.18. The number of benzene rings is 1. The van der Waals surface area contributed by atoms with Crippen LogP contribution in [0.15, 0.2) is 36.4 Å². The lowest BCUT2D eigenvalue weighted by Gasteiger charge is -2.20. The van der Waals surface area contributed by atoms with Crippen LogP contribution in [0.2, 0.25) is 0 Å². The molecule has 0 aliphatic carbocycles. The zero-order valence-corrected chi connectivity index (χ0v) is 14.9. The Labute approximate surface area is 147 Å². The molecule has 2 atom stereocenters. The van der Waals surface area contributed by atoms with Crippen LogP contribution in [0.5, 0.6) is 0 Å². The van der Waals surface area contributed by atoms with E-state index in [0.29, 0.717) is 25.1 Å². The summed E-state index contributed by atoms with van der Waals surface area (Å²) in [6, 6.07) is 12.3. The molecule has 0 spiro atoms. The fourth-order valence-electron chi connectivity index (χ4n) is 3.79. The highest BCUT2D eigenvalue weighted by molar-refractivity contribution is 5.96. The summed E-state index contributed by atoms with van der Waals surface area (Å²) in [5.74, 6) is -1.34. The van der Waals surface area contributed by atoms with Crippen molar-refractivity contribution >= 4 is 11.9 Å². The molecule has 0 saturated carbocycles. The fraction of sp³-hybridized carbons (Fsp3) is 0.400. The number of nitrogens with zero attached hydrogens (tertiary/aromatic N) is 2. The van der Waals surface area contributed by atoms with Gasteiger partial charge in [-0.2, -0.15) is 0 Å². The van der Waals surface area contributed by atoms with Gasteiger partial charge in [0.05, 0.1) is 17.5 Å². The van der Waals surface area contributed by atoms with Gasteiger partial charge in [0.2, 0.25) is 0 Å². The molecule has 25 heavy (non-hydrogen) atoms. The molecule has 2 heterocycles. The molecule has 132 valence electrons. The molecule has 2 aromatic rings. The van der Waals surface area contributed by atoms with Gasteiger partial charge < -0.3 is 14.6 Å². The predicted molar refractivity (Wildman–Crippen MR) is 95.8 cm³/mol. The summed E-state index contributed by atoms with van der Waals surface area (Å²) in [5.41, 5.74) is 3.82. The van der Waals surface area contributed by atoms with Crippen LogP contribution in [0.1, 0.15) is 46.7 Å². The van der Waals surface area contributed by atoms with Crippen LogP contribution < -0.4 is 0 Å². The van der Waals surface area contributed by atoms with E-state index in [0.717, 1.165) is 11.4 Å². The Kier molecular flexibility index (Phi) is 4.66. The van der Waals surface area contributed by atoms with Crippen molar-refractivity contribution in [1.29, 1.82) is 0 Å². The van der Waals surface area contributed by atoms with Crippen LogP contribution in [0, 0.1) is 19.8 Å². The highest BCUT2D eigenvalue weighted by Gasteiger charge is 2.32. The quantitative estimate of drug-likeness (QED) is 0.929. The Morgan fingerprint density at radius 3 is 2.48 bits per heavy atom. The standard InChI is InChI=1S/C20H24N2O3/c1-13-11-18(19(23)21-10-9-17(12-21)20(24)25)15(3)22(13)14(2)16-7-5-4-6-8-16/h4-8,11,14,17H,9-10,12H2,1-3H3,(H,24,25)/t14-,17+/m0/s1. The van der Waals surface area contributed by atoms with Crippen molar-refractivity contribution in [3.63, 3.8) is 0 Å². The first-order chi connectivity index (χ1) is 11.9. The zero-order valence-electron chi connectivity index (χ0n) is 14.9. The maximum absolute atomic E-state index is 12.9. The minimum Gasteiger partial charge on any atom is -0.481 e. The molecule has 1 aliphatic heterocycles. The van der Waals surface area contributed by atoms with Crippen molar-refractivity contribution in [2.24, 2.45) is 5.92 Å². The number of amides is 1. The lowest BCUT2D eigenvalue weighted by atomic mass is 10.1. The van der Waals surface area contributed by atoms with Crippen molar-refractivity contribution in [1.82, 2.24) is 9.47 Å². The monoisotopic (exact) mass is 340 g/mol. The van der Waals surface area contributed by atoms with Crippen molar-refractivity contribution in [3.8, 4) is 0 Å². The first kappa shape index (κ1) is 17.3. The maximum atomic E-state index is 12.9. The van der Waals surface area contributed by atoms with Gasteiger partial charge in [-0.25, -0.2) is 0 Å². The second-order valence-corrected chi connectivity index (χ2v) is 6.82. The molecule has 1 aromatic heterocycles. The van der Waals surface area contributed by atoms with E-state index in [2.05, 4.69) is 23.6 Å². The number of carbonyl (C=O) groups is 2. The SMILES string of the molecule is Cc1cc(C(=O)N2CC[C@@H](C(=O)O)C2)c(C)n1[C@@H](C)c1ccccc1. The van der Waals surface area contributed by atoms with Gasteiger partial charge in [-0.1, -0.05) is 30.3 Å². The van der Waals surface area contributed by atoms with Crippen molar-refractivity contribution < 1.29 is 14.7 Å². The van der Waals surface area contributed by atoms with Crippen LogP contribution >= 0.6 is 0 Å². The van der Waals surface area contributed by atoms with Crippen LogP contribution in [0.3, 0.4) is 0 Å². The number of rotatable bonds is 4. The Morgan fingerprint density at radius 1 is 1.20 bits per heavy atom. The van der Waals surface area contributed by atoms with Gasteiger partial charge in [-0.3, -0.25) is 9.59 Å². The summed E-state index contributed by atoms with van der Waals surface area (Å²) in [5, 5.41) is 9.14. The van der Waals surface area contributed by atoms with E-state index in [1.54, 1.807) is 4.90 Å². The first-order valence-electron chi connectivity index (χ1n) is 8.65. The molecule has 1 aromatic carbocycles. The van der Waals surface area contributed by atoms with E-state index in [9.17, 15) is 9.59 Å². The van der Waals surface area contributed by atoms with Crippen molar-refractivity contribution in [2.45, 2.75) is 33.2 Å². The third-order valence-electron chi connectivity index (χ3n) is 5.21. The molecule has 1 fully saturated rings. The summed E-state index contributed by atoms with van der Waals surface area (Å²) in [4.78, 5) is 25.7. The lowest BCUT2D eigenvalue weighted by molar-refractivity contribution is -0.141. The molecule has 0 unspecified atom stereocenters. The lowest BCUT2D eigenvalue weighted by Crippen LogP contribution is -2.30. The second-order valence-electron chi connectivity index (χ2n) is 6.82. The molecule has 1 N–H and O–H groups in total. The molecular weight excluding hydrogens is 316 g/mol. The Bertz CT molecular complexity index is 795. The van der Waals surface area contributed by atoms with Crippen LogP contribution in [0.25, 0.3) is 0 Å². The molecule has 1 amide bonds. The van der Waals surface area contributed by atoms with Crippen LogP contribution in [-0.4, -0.2) is 39.5 Å². The normalized spacial score (nSPS) is 18.4. The largest absolute Gasteiger partial charge is 0.481 e. The third-order valence-corrected chi connectivity index (χ3v) is 5.21. The molecule has 1 saturated heterocycles. The second kappa shape index (κ2) is 6.75. The summed E-state index contributed by atoms with van der Waals surface area (Å²) in [6.07, 6.45) is 0.528. The van der Waals surface area contributed by atoms with E-state index in [1.165, 1.54) is 5.56 Å². The smallest absolute Gasteiger partial charge is 0.308 e. The zero-order chi connectivity index (χ0) is 18.1. The molecule has 3 rings (SSSR count). The van der Waals surface area contributed by atoms with Gasteiger partial charge in [0.25, 0.3) is 5.91 Å². The topological polar surface area (TPSA) is 62.5 Å². The molecule has 5 nitrogen and oxygen atoms in total. The molecular formula is C20H24N2O3. The number of aliphatic carboxylic acids is 1. The maximum Gasteiger partial charge on any atom is 0.308 e. The van der Waals surface area contributed by atoms with Gasteiger partial charge in [0, 0.05) is 24.5 Å². The van der Waals surface area contributed by atoms with E-state index in [-0.39, 0.29) is 11.9 Å². The van der Waals surface area contributed by atoms with E-state index in [4.69, 9.17) is 5.11 Å². The van der Waals surface area contributed by atoms with Crippen LogP contribution in [0.4, 0.5) is 0 Å². The number of carboxylic acids is 1. The summed E-state index contributed by atoms with van der Waals surface area (Å²) in [6.45, 7) is 6.90. The number of hydrogen-bond donors (Lipinski definition) is 1. The Balaban J connectivity index is 1.87. The highest BCUT2D eigenvalue weighted by Crippen LogP contribution is 2.27. The number of hydrogen-bond acceptors (Lipinski definition) is 2. The highest BCUT2D eigenvalue weighted by atomic mass is 16.4. The number of likely N-dealkylation sites (tertiary alicyclic amines) is 1. The van der Waals surface area contributed by atoms with Crippen molar-refractivity contribution in [2.75, 3.05) is 13.1 Å². The number of carbonyl (C=O) groups excluding carboxylic acids is 1. The Hall–Kier alpha value is -2.56. The van der Waals surface area contributed by atoms with Gasteiger partial charge in [0.1, 0.15) is 0 Å². The summed E-state index contributed by atoms with van der Waals surface area (Å²) < 4.78 is 2.17. The van der Waals surface area contributed by atoms with Crippen LogP contribution in [-0.2, 0) is 4.79 Å². The van der Waals surface area contributed by atoms with Gasteiger partial charge in [-0.15, -0.1) is 0 Å². The number of aryl methyl sites for hydroxylation is 1. The minimum absolute atomic E-state index is 0.0663. The summed E-state index contributed by atoms with van der Waals surface area (Å²) >= 11 is 0. The predicted octanol–water partition coefficient (Wildman–Crippen LogP) is 3.26. The van der Waals surface area contributed by atoms with E-state index >= 15 is 0 Å². The average Bonchev–Trinajstić information content (AvgIpc) is 3.20. The molecule has 0 bridgehead atoms. The molecule has 1 aliphatic rings. The Morgan fingerprint density at radius 2 is 1.88 bits per heavy atom. The molecule has 5 heteroatoms. The minimum atomic E-state index is -0.821.